The Labute approximate surface area is 289 Å². The van der Waals surface area contributed by atoms with Gasteiger partial charge in [0, 0.05) is 33.8 Å². The molecule has 0 fully saturated rings. The van der Waals surface area contributed by atoms with E-state index in [4.69, 9.17) is 0 Å². The van der Waals surface area contributed by atoms with Crippen LogP contribution in [0.15, 0.2) is 182 Å². The van der Waals surface area contributed by atoms with E-state index in [1.165, 1.54) is 51.2 Å². The Hall–Kier alpha value is -6.52. The molecular formula is C46H30F2N2. The van der Waals surface area contributed by atoms with Gasteiger partial charge in [0.1, 0.15) is 11.6 Å². The monoisotopic (exact) mass is 648 g/mol. The second-order valence-electron chi connectivity index (χ2n) is 12.5. The third kappa shape index (κ3) is 5.10. The molecule has 9 rings (SSSR count). The van der Waals surface area contributed by atoms with Crippen LogP contribution in [0, 0.1) is 11.6 Å². The highest BCUT2D eigenvalue weighted by Crippen LogP contribution is 2.46. The molecule has 0 unspecified atom stereocenters. The third-order valence-corrected chi connectivity index (χ3v) is 9.52. The Morgan fingerprint density at radius 3 is 1.32 bits per heavy atom. The minimum absolute atomic E-state index is 0.263. The van der Waals surface area contributed by atoms with Crippen LogP contribution in [-0.4, -0.2) is 0 Å². The molecular weight excluding hydrogens is 619 g/mol. The van der Waals surface area contributed by atoms with Crippen molar-refractivity contribution in [3.63, 3.8) is 0 Å². The molecule has 0 aliphatic heterocycles. The lowest BCUT2D eigenvalue weighted by Crippen LogP contribution is -2.10. The number of hydrogen-bond acceptors (Lipinski definition) is 2. The molecule has 0 aromatic heterocycles. The smallest absolute Gasteiger partial charge is 0.123 e. The summed E-state index contributed by atoms with van der Waals surface area (Å²) in [4.78, 5) is 4.33. The number of rotatable bonds is 7. The van der Waals surface area contributed by atoms with E-state index in [0.717, 1.165) is 50.6 Å². The van der Waals surface area contributed by atoms with Crippen LogP contribution in [0.5, 0.6) is 0 Å². The standard InChI is InChI=1S/C46H30F2N2/c47-34-17-23-39(24-18-34)49(36-7-3-1-4-8-36)38-21-11-31(12-22-38)41-27-13-32-15-29-43-44(30-16-33-14-28-42(41)45(32)46(33)43)50(37-9-5-2-6-10-37)40-25-19-35(48)20-26-40/h1-30H. The molecule has 0 saturated carbocycles. The number of nitrogens with zero attached hydrogens (tertiary/aromatic N) is 2. The summed E-state index contributed by atoms with van der Waals surface area (Å²) in [5, 5.41) is 7.06. The summed E-state index contributed by atoms with van der Waals surface area (Å²) in [5.74, 6) is -0.526. The van der Waals surface area contributed by atoms with Crippen LogP contribution in [0.25, 0.3) is 43.4 Å². The predicted molar refractivity (Wildman–Crippen MR) is 205 cm³/mol. The molecule has 9 aromatic rings. The van der Waals surface area contributed by atoms with Gasteiger partial charge < -0.3 is 9.80 Å². The van der Waals surface area contributed by atoms with Crippen LogP contribution in [0.1, 0.15) is 0 Å². The van der Waals surface area contributed by atoms with Gasteiger partial charge in [0.25, 0.3) is 0 Å². The van der Waals surface area contributed by atoms with Gasteiger partial charge in [-0.15, -0.1) is 0 Å². The van der Waals surface area contributed by atoms with Crippen molar-refractivity contribution < 1.29 is 8.78 Å². The fourth-order valence-corrected chi connectivity index (χ4v) is 7.23. The number of anilines is 6. The summed E-state index contributed by atoms with van der Waals surface area (Å²) < 4.78 is 27.9. The molecule has 4 heteroatoms. The topological polar surface area (TPSA) is 6.48 Å². The summed E-state index contributed by atoms with van der Waals surface area (Å²) in [6.45, 7) is 0. The first-order chi connectivity index (χ1) is 24.6. The zero-order chi connectivity index (χ0) is 33.6. The van der Waals surface area contributed by atoms with E-state index in [2.05, 4.69) is 107 Å². The fraction of sp³-hybridized carbons (Fsp3) is 0. The van der Waals surface area contributed by atoms with E-state index < -0.39 is 0 Å². The highest BCUT2D eigenvalue weighted by Gasteiger charge is 2.20. The Morgan fingerprint density at radius 1 is 0.320 bits per heavy atom. The lowest BCUT2D eigenvalue weighted by Gasteiger charge is -2.28. The fourth-order valence-electron chi connectivity index (χ4n) is 7.23. The molecule has 238 valence electrons. The maximum atomic E-state index is 14.1. The van der Waals surface area contributed by atoms with Crippen molar-refractivity contribution in [2.45, 2.75) is 0 Å². The molecule has 0 heterocycles. The first kappa shape index (κ1) is 29.6. The van der Waals surface area contributed by atoms with Gasteiger partial charge in [-0.05, 0) is 129 Å². The average molecular weight is 649 g/mol. The quantitative estimate of drug-likeness (QED) is 0.159. The number of para-hydroxylation sites is 2. The van der Waals surface area contributed by atoms with Crippen LogP contribution < -0.4 is 9.80 Å². The lowest BCUT2D eigenvalue weighted by atomic mass is 9.89. The molecule has 0 bridgehead atoms. The van der Waals surface area contributed by atoms with Gasteiger partial charge in [-0.1, -0.05) is 91.0 Å². The molecule has 50 heavy (non-hydrogen) atoms. The predicted octanol–water partition coefficient (Wildman–Crippen LogP) is 13.5. The Morgan fingerprint density at radius 2 is 0.740 bits per heavy atom. The lowest BCUT2D eigenvalue weighted by molar-refractivity contribution is 0.627. The molecule has 2 nitrogen and oxygen atoms in total. The Kier molecular flexibility index (Phi) is 7.21. The minimum Gasteiger partial charge on any atom is -0.311 e. The van der Waals surface area contributed by atoms with E-state index in [9.17, 15) is 8.78 Å². The number of benzene rings is 9. The van der Waals surface area contributed by atoms with Crippen molar-refractivity contribution in [2.24, 2.45) is 0 Å². The van der Waals surface area contributed by atoms with E-state index in [-0.39, 0.29) is 11.6 Å². The van der Waals surface area contributed by atoms with Gasteiger partial charge >= 0.3 is 0 Å². The SMILES string of the molecule is Fc1ccc(N(c2ccccc2)c2ccc(-c3ccc4ccc5c(N(c6ccccc6)c6ccc(F)cc6)ccc6ccc3c4c65)cc2)cc1. The van der Waals surface area contributed by atoms with E-state index in [1.807, 2.05) is 48.5 Å². The average Bonchev–Trinajstić information content (AvgIpc) is 3.17. The molecule has 9 aromatic carbocycles. The van der Waals surface area contributed by atoms with Crippen LogP contribution in [-0.2, 0) is 0 Å². The molecule has 0 spiro atoms. The van der Waals surface area contributed by atoms with Crippen molar-refractivity contribution >= 4 is 66.4 Å². The van der Waals surface area contributed by atoms with Gasteiger partial charge in [0.15, 0.2) is 0 Å². The van der Waals surface area contributed by atoms with Crippen molar-refractivity contribution in [2.75, 3.05) is 9.80 Å². The Balaban J connectivity index is 1.19. The molecule has 0 amide bonds. The zero-order valence-electron chi connectivity index (χ0n) is 27.0. The van der Waals surface area contributed by atoms with E-state index in [0.29, 0.717) is 0 Å². The third-order valence-electron chi connectivity index (χ3n) is 9.52. The van der Waals surface area contributed by atoms with Crippen LogP contribution in [0.3, 0.4) is 0 Å². The normalized spacial score (nSPS) is 11.4. The second-order valence-corrected chi connectivity index (χ2v) is 12.5. The molecule has 0 atom stereocenters. The van der Waals surface area contributed by atoms with Gasteiger partial charge in [0.05, 0.1) is 5.69 Å². The molecule has 0 saturated heterocycles. The van der Waals surface area contributed by atoms with Crippen molar-refractivity contribution in [3.8, 4) is 11.1 Å². The summed E-state index contributed by atoms with van der Waals surface area (Å²) in [7, 11) is 0. The van der Waals surface area contributed by atoms with Crippen LogP contribution in [0.4, 0.5) is 42.9 Å². The number of halogens is 2. The molecule has 0 N–H and O–H groups in total. The van der Waals surface area contributed by atoms with Gasteiger partial charge in [0.2, 0.25) is 0 Å². The van der Waals surface area contributed by atoms with Crippen molar-refractivity contribution in [3.05, 3.63) is 194 Å². The van der Waals surface area contributed by atoms with Gasteiger partial charge in [-0.25, -0.2) is 8.78 Å². The second kappa shape index (κ2) is 12.2. The van der Waals surface area contributed by atoms with Crippen molar-refractivity contribution in [1.82, 2.24) is 0 Å². The summed E-state index contributed by atoms with van der Waals surface area (Å²) in [6, 6.07) is 59.8. The van der Waals surface area contributed by atoms with Gasteiger partial charge in [-0.2, -0.15) is 0 Å². The van der Waals surface area contributed by atoms with Crippen LogP contribution >= 0.6 is 0 Å². The van der Waals surface area contributed by atoms with Gasteiger partial charge in [-0.3, -0.25) is 0 Å². The summed E-state index contributed by atoms with van der Waals surface area (Å²) >= 11 is 0. The summed E-state index contributed by atoms with van der Waals surface area (Å²) in [5.41, 5.74) is 8.03. The highest BCUT2D eigenvalue weighted by molar-refractivity contribution is 6.27. The maximum Gasteiger partial charge on any atom is 0.123 e. The number of hydrogen-bond donors (Lipinski definition) is 0. The zero-order valence-corrected chi connectivity index (χ0v) is 27.0. The van der Waals surface area contributed by atoms with E-state index in [1.54, 1.807) is 12.1 Å². The molecule has 0 aliphatic rings. The highest BCUT2D eigenvalue weighted by atomic mass is 19.1. The minimum atomic E-state index is -0.263. The largest absolute Gasteiger partial charge is 0.311 e. The van der Waals surface area contributed by atoms with Crippen molar-refractivity contribution in [1.29, 1.82) is 0 Å². The van der Waals surface area contributed by atoms with E-state index >= 15 is 0 Å². The first-order valence-electron chi connectivity index (χ1n) is 16.6. The maximum absolute atomic E-state index is 14.1. The first-order valence-corrected chi connectivity index (χ1v) is 16.6. The molecule has 0 radical (unpaired) electrons. The summed E-state index contributed by atoms with van der Waals surface area (Å²) in [6.07, 6.45) is 0. The molecule has 0 aliphatic carbocycles. The van der Waals surface area contributed by atoms with Crippen LogP contribution in [0.2, 0.25) is 0 Å². The Bertz CT molecular complexity index is 2580.